The summed E-state index contributed by atoms with van der Waals surface area (Å²) in [4.78, 5) is 14.1. The highest BCUT2D eigenvalue weighted by Gasteiger charge is 2.49. The maximum Gasteiger partial charge on any atom is 0.259 e. The zero-order chi connectivity index (χ0) is 15.7. The van der Waals surface area contributed by atoms with Crippen LogP contribution in [0.5, 0.6) is 5.75 Å². The summed E-state index contributed by atoms with van der Waals surface area (Å²) < 4.78 is 10.5. The smallest absolute Gasteiger partial charge is 0.259 e. The third-order valence-electron chi connectivity index (χ3n) is 4.07. The van der Waals surface area contributed by atoms with E-state index in [4.69, 9.17) is 9.47 Å². The number of β-lactam (4-membered cyclic amide) rings is 1. The first-order valence-electron chi connectivity index (χ1n) is 7.22. The molecule has 1 fully saturated rings. The van der Waals surface area contributed by atoms with E-state index in [1.165, 1.54) is 5.56 Å². The van der Waals surface area contributed by atoms with Crippen molar-refractivity contribution in [2.24, 2.45) is 0 Å². The molecule has 4 heteroatoms. The van der Waals surface area contributed by atoms with Gasteiger partial charge in [-0.25, -0.2) is 0 Å². The molecule has 1 saturated heterocycles. The van der Waals surface area contributed by atoms with Crippen molar-refractivity contribution in [3.05, 3.63) is 59.7 Å². The van der Waals surface area contributed by atoms with Gasteiger partial charge in [0.1, 0.15) is 5.75 Å². The van der Waals surface area contributed by atoms with E-state index < -0.39 is 6.10 Å². The number of nitrogens with zero attached hydrogens (tertiary/aromatic N) is 1. The molecule has 0 saturated carbocycles. The maximum atomic E-state index is 12.4. The van der Waals surface area contributed by atoms with Crippen molar-refractivity contribution >= 4 is 11.6 Å². The van der Waals surface area contributed by atoms with E-state index in [0.717, 1.165) is 17.0 Å². The zero-order valence-electron chi connectivity index (χ0n) is 12.9. The van der Waals surface area contributed by atoms with Gasteiger partial charge in [-0.15, -0.1) is 0 Å². The van der Waals surface area contributed by atoms with Gasteiger partial charge in [-0.05, 0) is 36.8 Å². The molecule has 22 heavy (non-hydrogen) atoms. The SMILES string of the molecule is COc1ccc(N2C(=O)[C@@H](OC)[C@H]2c2ccc(C)cc2)cc1. The molecule has 2 aromatic carbocycles. The van der Waals surface area contributed by atoms with Gasteiger partial charge in [0, 0.05) is 12.8 Å². The standard InChI is InChI=1S/C18H19NO3/c1-12-4-6-13(7-5-12)16-17(22-3)18(20)19(16)14-8-10-15(21-2)11-9-14/h4-11,16-17H,1-3H3/t16-,17+/m1/s1. The molecule has 0 spiro atoms. The Morgan fingerprint density at radius 2 is 1.59 bits per heavy atom. The lowest BCUT2D eigenvalue weighted by Gasteiger charge is -2.46. The number of methoxy groups -OCH3 is 2. The maximum absolute atomic E-state index is 12.4. The fourth-order valence-corrected chi connectivity index (χ4v) is 2.81. The summed E-state index contributed by atoms with van der Waals surface area (Å²) in [6.07, 6.45) is -0.426. The molecule has 0 N–H and O–H groups in total. The summed E-state index contributed by atoms with van der Waals surface area (Å²) in [5, 5.41) is 0. The minimum Gasteiger partial charge on any atom is -0.497 e. The number of rotatable bonds is 4. The van der Waals surface area contributed by atoms with Gasteiger partial charge in [-0.1, -0.05) is 29.8 Å². The number of hydrogen-bond donors (Lipinski definition) is 0. The lowest BCUT2D eigenvalue weighted by atomic mass is 9.89. The van der Waals surface area contributed by atoms with Crippen LogP contribution in [0.15, 0.2) is 48.5 Å². The first-order valence-corrected chi connectivity index (χ1v) is 7.22. The van der Waals surface area contributed by atoms with Crippen molar-refractivity contribution in [2.75, 3.05) is 19.1 Å². The number of ether oxygens (including phenoxy) is 2. The number of aryl methyl sites for hydroxylation is 1. The lowest BCUT2D eigenvalue weighted by molar-refractivity contribution is -0.139. The quantitative estimate of drug-likeness (QED) is 0.814. The van der Waals surface area contributed by atoms with Crippen LogP contribution in [0.2, 0.25) is 0 Å². The molecule has 114 valence electrons. The molecule has 1 aliphatic heterocycles. The zero-order valence-corrected chi connectivity index (χ0v) is 12.9. The van der Waals surface area contributed by atoms with Crippen LogP contribution >= 0.6 is 0 Å². The molecule has 1 aliphatic rings. The molecular weight excluding hydrogens is 278 g/mol. The molecule has 4 nitrogen and oxygen atoms in total. The number of carbonyl (C=O) groups excluding carboxylic acids is 1. The predicted molar refractivity (Wildman–Crippen MR) is 85.2 cm³/mol. The molecule has 2 aromatic rings. The summed E-state index contributed by atoms with van der Waals surface area (Å²) in [7, 11) is 3.20. The number of amides is 1. The summed E-state index contributed by atoms with van der Waals surface area (Å²) in [6.45, 7) is 2.05. The fraction of sp³-hybridized carbons (Fsp3) is 0.278. The third kappa shape index (κ3) is 2.35. The van der Waals surface area contributed by atoms with Crippen LogP contribution in [0.1, 0.15) is 17.2 Å². The van der Waals surface area contributed by atoms with Gasteiger partial charge in [0.05, 0.1) is 13.2 Å². The Bertz CT molecular complexity index is 664. The number of anilines is 1. The summed E-state index contributed by atoms with van der Waals surface area (Å²) >= 11 is 0. The van der Waals surface area contributed by atoms with E-state index in [1.807, 2.05) is 31.2 Å². The van der Waals surface area contributed by atoms with E-state index >= 15 is 0 Å². The minimum absolute atomic E-state index is 0.0155. The molecule has 0 aromatic heterocycles. The van der Waals surface area contributed by atoms with Crippen LogP contribution in [-0.4, -0.2) is 26.2 Å². The summed E-state index contributed by atoms with van der Waals surface area (Å²) in [6, 6.07) is 15.6. The van der Waals surface area contributed by atoms with Gasteiger partial charge in [0.25, 0.3) is 5.91 Å². The van der Waals surface area contributed by atoms with Crippen molar-refractivity contribution in [3.8, 4) is 5.75 Å². The third-order valence-corrected chi connectivity index (χ3v) is 4.07. The molecule has 0 aliphatic carbocycles. The first-order chi connectivity index (χ1) is 10.7. The van der Waals surface area contributed by atoms with E-state index in [-0.39, 0.29) is 11.9 Å². The minimum atomic E-state index is -0.426. The molecule has 2 atom stereocenters. The van der Waals surface area contributed by atoms with Gasteiger partial charge in [0.15, 0.2) is 6.10 Å². The Morgan fingerprint density at radius 3 is 2.14 bits per heavy atom. The molecular formula is C18H19NO3. The Kier molecular flexibility index (Phi) is 3.86. The highest BCUT2D eigenvalue weighted by atomic mass is 16.5. The number of benzene rings is 2. The van der Waals surface area contributed by atoms with E-state index in [9.17, 15) is 4.79 Å². The van der Waals surface area contributed by atoms with Crippen molar-refractivity contribution < 1.29 is 14.3 Å². The first kappa shape index (κ1) is 14.6. The summed E-state index contributed by atoms with van der Waals surface area (Å²) in [5.41, 5.74) is 3.12. The van der Waals surface area contributed by atoms with Crippen molar-refractivity contribution in [3.63, 3.8) is 0 Å². The molecule has 1 amide bonds. The Balaban J connectivity index is 1.94. The average molecular weight is 297 g/mol. The van der Waals surface area contributed by atoms with Crippen molar-refractivity contribution in [2.45, 2.75) is 19.1 Å². The van der Waals surface area contributed by atoms with Crippen LogP contribution in [0.4, 0.5) is 5.69 Å². The van der Waals surface area contributed by atoms with Gasteiger partial charge in [-0.2, -0.15) is 0 Å². The second-order valence-corrected chi connectivity index (χ2v) is 5.42. The largest absolute Gasteiger partial charge is 0.497 e. The van der Waals surface area contributed by atoms with Crippen molar-refractivity contribution in [1.82, 2.24) is 0 Å². The molecule has 0 unspecified atom stereocenters. The van der Waals surface area contributed by atoms with Gasteiger partial charge >= 0.3 is 0 Å². The van der Waals surface area contributed by atoms with Gasteiger partial charge in [-0.3, -0.25) is 9.69 Å². The Hall–Kier alpha value is -2.33. The normalized spacial score (nSPS) is 20.7. The molecule has 0 bridgehead atoms. The topological polar surface area (TPSA) is 38.8 Å². The Labute approximate surface area is 130 Å². The van der Waals surface area contributed by atoms with E-state index in [2.05, 4.69) is 24.3 Å². The predicted octanol–water partition coefficient (Wildman–Crippen LogP) is 3.11. The second-order valence-electron chi connectivity index (χ2n) is 5.42. The highest BCUT2D eigenvalue weighted by molar-refractivity contribution is 6.05. The number of carbonyl (C=O) groups is 1. The fourth-order valence-electron chi connectivity index (χ4n) is 2.81. The average Bonchev–Trinajstić information content (AvgIpc) is 2.55. The lowest BCUT2D eigenvalue weighted by Crippen LogP contribution is -2.60. The second kappa shape index (κ2) is 5.81. The van der Waals surface area contributed by atoms with Crippen LogP contribution in [-0.2, 0) is 9.53 Å². The van der Waals surface area contributed by atoms with E-state index in [0.29, 0.717) is 0 Å². The molecule has 0 radical (unpaired) electrons. The monoisotopic (exact) mass is 297 g/mol. The molecule has 3 rings (SSSR count). The van der Waals surface area contributed by atoms with Gasteiger partial charge < -0.3 is 9.47 Å². The molecule has 1 heterocycles. The van der Waals surface area contributed by atoms with Crippen LogP contribution in [0, 0.1) is 6.92 Å². The Morgan fingerprint density at radius 1 is 0.955 bits per heavy atom. The number of hydrogen-bond acceptors (Lipinski definition) is 3. The van der Waals surface area contributed by atoms with Crippen LogP contribution < -0.4 is 9.64 Å². The van der Waals surface area contributed by atoms with Gasteiger partial charge in [0.2, 0.25) is 0 Å². The highest BCUT2D eigenvalue weighted by Crippen LogP contribution is 2.41. The van der Waals surface area contributed by atoms with Crippen LogP contribution in [0.25, 0.3) is 0 Å². The van der Waals surface area contributed by atoms with Crippen molar-refractivity contribution in [1.29, 1.82) is 0 Å². The summed E-state index contributed by atoms with van der Waals surface area (Å²) in [5.74, 6) is 0.755. The van der Waals surface area contributed by atoms with Crippen LogP contribution in [0.3, 0.4) is 0 Å². The van der Waals surface area contributed by atoms with E-state index in [1.54, 1.807) is 19.1 Å².